The molecule has 1 fully saturated rings. The van der Waals surface area contributed by atoms with Crippen LogP contribution in [-0.2, 0) is 11.3 Å². The third kappa shape index (κ3) is 2.77. The van der Waals surface area contributed by atoms with Gasteiger partial charge in [-0.3, -0.25) is 9.69 Å². The number of carbonyl (C=O) groups is 1. The zero-order chi connectivity index (χ0) is 16.5. The molecule has 1 aliphatic heterocycles. The molecule has 120 valence electrons. The van der Waals surface area contributed by atoms with E-state index in [0.717, 1.165) is 5.01 Å². The van der Waals surface area contributed by atoms with E-state index >= 15 is 0 Å². The molecule has 0 atom stereocenters. The summed E-state index contributed by atoms with van der Waals surface area (Å²) in [5.74, 6) is 1.16. The fourth-order valence-electron chi connectivity index (χ4n) is 2.29. The van der Waals surface area contributed by atoms with Crippen LogP contribution in [0.15, 0.2) is 56.7 Å². The first kappa shape index (κ1) is 14.9. The summed E-state index contributed by atoms with van der Waals surface area (Å²) in [7, 11) is 0. The monoisotopic (exact) mass is 357 g/mol. The van der Waals surface area contributed by atoms with Crippen molar-refractivity contribution in [2.24, 2.45) is 0 Å². The van der Waals surface area contributed by atoms with Crippen LogP contribution in [0.25, 0.3) is 16.8 Å². The molecule has 1 saturated heterocycles. The van der Waals surface area contributed by atoms with Gasteiger partial charge in [0.25, 0.3) is 5.91 Å². The third-order valence-corrected chi connectivity index (χ3v) is 4.60. The summed E-state index contributed by atoms with van der Waals surface area (Å²) in [6.45, 7) is 0.295. The Morgan fingerprint density at radius 1 is 1.29 bits per heavy atom. The molecule has 3 aromatic rings. The highest BCUT2D eigenvalue weighted by Gasteiger charge is 2.31. The van der Waals surface area contributed by atoms with E-state index in [-0.39, 0.29) is 5.91 Å². The van der Waals surface area contributed by atoms with E-state index in [4.69, 9.17) is 21.1 Å². The molecule has 1 amide bonds. The smallest absolute Gasteiger partial charge is 0.277 e. The quantitative estimate of drug-likeness (QED) is 0.571. The summed E-state index contributed by atoms with van der Waals surface area (Å²) in [5, 5.41) is 5.89. The Morgan fingerprint density at radius 3 is 2.88 bits per heavy atom. The number of aromatic nitrogens is 1. The molecule has 4 heterocycles. The second-order valence-corrected chi connectivity index (χ2v) is 6.26. The van der Waals surface area contributed by atoms with Crippen LogP contribution in [0.2, 0.25) is 0 Å². The summed E-state index contributed by atoms with van der Waals surface area (Å²) in [6, 6.07) is 7.22. The van der Waals surface area contributed by atoms with Gasteiger partial charge in [-0.1, -0.05) is 0 Å². The van der Waals surface area contributed by atoms with Crippen LogP contribution >= 0.6 is 23.6 Å². The highest BCUT2D eigenvalue weighted by molar-refractivity contribution is 7.80. The van der Waals surface area contributed by atoms with E-state index in [9.17, 15) is 4.79 Å². The van der Waals surface area contributed by atoms with Crippen LogP contribution in [0.4, 0.5) is 0 Å². The Balaban J connectivity index is 1.55. The summed E-state index contributed by atoms with van der Waals surface area (Å²) < 4.78 is 10.6. The maximum atomic E-state index is 12.5. The van der Waals surface area contributed by atoms with Crippen molar-refractivity contribution < 1.29 is 13.6 Å². The van der Waals surface area contributed by atoms with E-state index in [1.165, 1.54) is 16.2 Å². The predicted octanol–water partition coefficient (Wildman–Crippen LogP) is 3.25. The second-order valence-electron chi connectivity index (χ2n) is 5.01. The minimum atomic E-state index is -0.205. The lowest BCUT2D eigenvalue weighted by atomic mass is 10.3. The maximum Gasteiger partial charge on any atom is 0.277 e. The Morgan fingerprint density at radius 2 is 2.12 bits per heavy atom. The van der Waals surface area contributed by atoms with Crippen LogP contribution in [0, 0.1) is 0 Å². The average Bonchev–Trinajstić information content (AvgIpc) is 3.33. The molecule has 0 bridgehead atoms. The Bertz CT molecular complexity index is 910. The average molecular weight is 357 g/mol. The van der Waals surface area contributed by atoms with E-state index in [2.05, 4.69) is 10.3 Å². The molecule has 0 unspecified atom stereocenters. The highest BCUT2D eigenvalue weighted by atomic mass is 32.1. The number of furan rings is 2. The van der Waals surface area contributed by atoms with Gasteiger partial charge in [-0.15, -0.1) is 11.3 Å². The van der Waals surface area contributed by atoms with Crippen LogP contribution in [0.5, 0.6) is 0 Å². The van der Waals surface area contributed by atoms with Crippen molar-refractivity contribution in [2.45, 2.75) is 6.54 Å². The number of amides is 1. The van der Waals surface area contributed by atoms with Crippen LogP contribution < -0.4 is 5.32 Å². The molecule has 8 heteroatoms. The third-order valence-electron chi connectivity index (χ3n) is 3.40. The first-order chi connectivity index (χ1) is 11.7. The van der Waals surface area contributed by atoms with Crippen molar-refractivity contribution in [3.63, 3.8) is 0 Å². The van der Waals surface area contributed by atoms with Gasteiger partial charge in [-0.2, -0.15) is 0 Å². The van der Waals surface area contributed by atoms with Crippen molar-refractivity contribution in [3.05, 3.63) is 59.3 Å². The minimum Gasteiger partial charge on any atom is -0.467 e. The molecule has 0 spiro atoms. The van der Waals surface area contributed by atoms with Gasteiger partial charge in [-0.25, -0.2) is 4.98 Å². The van der Waals surface area contributed by atoms with Gasteiger partial charge in [0.15, 0.2) is 15.9 Å². The Hall–Kier alpha value is -2.71. The van der Waals surface area contributed by atoms with E-state index < -0.39 is 0 Å². The molecule has 0 aliphatic carbocycles. The van der Waals surface area contributed by atoms with Gasteiger partial charge in [0.1, 0.15) is 11.5 Å². The van der Waals surface area contributed by atoms with Gasteiger partial charge in [0.05, 0.1) is 24.8 Å². The van der Waals surface area contributed by atoms with Crippen LogP contribution in [0.1, 0.15) is 11.5 Å². The number of rotatable bonds is 4. The first-order valence-corrected chi connectivity index (χ1v) is 8.36. The molecule has 1 aliphatic rings. The molecule has 6 nitrogen and oxygen atoms in total. The first-order valence-electron chi connectivity index (χ1n) is 7.07. The number of hydrogen-bond acceptors (Lipinski definition) is 6. The number of nitrogens with one attached hydrogen (secondary N) is 1. The van der Waals surface area contributed by atoms with Gasteiger partial charge in [-0.05, 0) is 42.6 Å². The molecular formula is C16H11N3O3S2. The molecule has 1 N–H and O–H groups in total. The normalized spacial score (nSPS) is 16.2. The zero-order valence-electron chi connectivity index (χ0n) is 12.3. The number of carbonyl (C=O) groups excluding carboxylic acids is 1. The van der Waals surface area contributed by atoms with Gasteiger partial charge in [0, 0.05) is 5.38 Å². The van der Waals surface area contributed by atoms with Crippen molar-refractivity contribution >= 4 is 40.7 Å². The second kappa shape index (κ2) is 6.06. The summed E-state index contributed by atoms with van der Waals surface area (Å²) in [5.41, 5.74) is 1.06. The van der Waals surface area contributed by atoms with E-state index in [1.54, 1.807) is 30.7 Å². The fraction of sp³-hybridized carbons (Fsp3) is 0.0625. The lowest BCUT2D eigenvalue weighted by molar-refractivity contribution is -0.122. The molecule has 0 radical (unpaired) electrons. The number of thiazole rings is 1. The predicted molar refractivity (Wildman–Crippen MR) is 92.8 cm³/mol. The molecule has 3 aromatic heterocycles. The molecule has 4 rings (SSSR count). The highest BCUT2D eigenvalue weighted by Crippen LogP contribution is 2.25. The number of hydrogen-bond donors (Lipinski definition) is 1. The molecular weight excluding hydrogens is 346 g/mol. The van der Waals surface area contributed by atoms with Crippen molar-refractivity contribution in [1.29, 1.82) is 0 Å². The number of nitrogens with zero attached hydrogens (tertiary/aromatic N) is 2. The molecule has 0 saturated carbocycles. The minimum absolute atomic E-state index is 0.205. The van der Waals surface area contributed by atoms with Gasteiger partial charge >= 0.3 is 0 Å². The van der Waals surface area contributed by atoms with Gasteiger partial charge < -0.3 is 14.2 Å². The lowest BCUT2D eigenvalue weighted by Gasteiger charge is -2.11. The SMILES string of the molecule is O=C1/C(=C/c2csc(-c3ccco3)n2)NC(=S)N1Cc1ccco1. The molecule has 24 heavy (non-hydrogen) atoms. The largest absolute Gasteiger partial charge is 0.467 e. The standard InChI is InChI=1S/C16H11N3O3S2/c20-15-12(18-16(23)19(15)8-11-3-1-5-21-11)7-10-9-24-14(17-10)13-4-2-6-22-13/h1-7,9H,8H2,(H,18,23)/b12-7-. The summed E-state index contributed by atoms with van der Waals surface area (Å²) >= 11 is 6.68. The van der Waals surface area contributed by atoms with E-state index in [1.807, 2.05) is 17.5 Å². The number of thiocarbonyl (C=S) groups is 1. The van der Waals surface area contributed by atoms with Crippen LogP contribution in [0.3, 0.4) is 0 Å². The molecule has 0 aromatic carbocycles. The summed E-state index contributed by atoms with van der Waals surface area (Å²) in [6.07, 6.45) is 4.84. The topological polar surface area (TPSA) is 71.5 Å². The van der Waals surface area contributed by atoms with Crippen LogP contribution in [-0.4, -0.2) is 20.9 Å². The lowest BCUT2D eigenvalue weighted by Crippen LogP contribution is -2.29. The van der Waals surface area contributed by atoms with Crippen molar-refractivity contribution in [1.82, 2.24) is 15.2 Å². The Kier molecular flexibility index (Phi) is 3.75. The van der Waals surface area contributed by atoms with Gasteiger partial charge in [0.2, 0.25) is 0 Å². The maximum absolute atomic E-state index is 12.5. The zero-order valence-corrected chi connectivity index (χ0v) is 13.9. The van der Waals surface area contributed by atoms with Crippen molar-refractivity contribution in [2.75, 3.05) is 0 Å². The fourth-order valence-corrected chi connectivity index (χ4v) is 3.29. The Labute approximate surface area is 146 Å². The van der Waals surface area contributed by atoms with Crippen molar-refractivity contribution in [3.8, 4) is 10.8 Å². The van der Waals surface area contributed by atoms with E-state index in [0.29, 0.717) is 34.6 Å². The summed E-state index contributed by atoms with van der Waals surface area (Å²) in [4.78, 5) is 18.4.